The summed E-state index contributed by atoms with van der Waals surface area (Å²) >= 11 is 0. The zero-order chi connectivity index (χ0) is 10.6. The molecule has 0 aliphatic heterocycles. The van der Waals surface area contributed by atoms with Gasteiger partial charge >= 0.3 is 0 Å². The van der Waals surface area contributed by atoms with E-state index < -0.39 is 5.54 Å². The molecule has 3 nitrogen and oxygen atoms in total. The maximum Gasteiger partial charge on any atom is 0.107 e. The highest BCUT2D eigenvalue weighted by Crippen LogP contribution is 2.35. The van der Waals surface area contributed by atoms with Crippen molar-refractivity contribution in [3.8, 4) is 6.07 Å². The zero-order valence-electron chi connectivity index (χ0n) is 9.12. The highest BCUT2D eigenvalue weighted by Gasteiger charge is 2.39. The predicted octanol–water partition coefficient (Wildman–Crippen LogP) is 1.82. The van der Waals surface area contributed by atoms with Crippen molar-refractivity contribution in [3.05, 3.63) is 0 Å². The van der Waals surface area contributed by atoms with Gasteiger partial charge in [0.2, 0.25) is 0 Å². The smallest absolute Gasteiger partial charge is 0.107 e. The van der Waals surface area contributed by atoms with Crippen LogP contribution in [0.4, 0.5) is 0 Å². The number of rotatable bonds is 4. The minimum absolute atomic E-state index is 0.269. The SMILES string of the molecule is CC(C)OCCC1CCCC1(N)C#N. The lowest BCUT2D eigenvalue weighted by molar-refractivity contribution is 0.0653. The molecule has 80 valence electrons. The Morgan fingerprint density at radius 1 is 1.64 bits per heavy atom. The van der Waals surface area contributed by atoms with Crippen molar-refractivity contribution in [2.45, 2.75) is 51.2 Å². The molecule has 0 heterocycles. The van der Waals surface area contributed by atoms with Crippen molar-refractivity contribution in [2.24, 2.45) is 11.7 Å². The van der Waals surface area contributed by atoms with Crippen LogP contribution in [0.2, 0.25) is 0 Å². The summed E-state index contributed by atoms with van der Waals surface area (Å²) in [6.07, 6.45) is 4.19. The molecule has 0 aromatic carbocycles. The van der Waals surface area contributed by atoms with E-state index in [0.717, 1.165) is 32.3 Å². The highest BCUT2D eigenvalue weighted by atomic mass is 16.5. The van der Waals surface area contributed by atoms with E-state index >= 15 is 0 Å². The maximum atomic E-state index is 8.99. The van der Waals surface area contributed by atoms with Gasteiger partial charge in [0, 0.05) is 6.61 Å². The molecular weight excluding hydrogens is 176 g/mol. The van der Waals surface area contributed by atoms with Crippen molar-refractivity contribution >= 4 is 0 Å². The summed E-state index contributed by atoms with van der Waals surface area (Å²) in [6, 6.07) is 2.25. The fraction of sp³-hybridized carbons (Fsp3) is 0.909. The predicted molar refractivity (Wildman–Crippen MR) is 55.6 cm³/mol. The molecule has 1 aliphatic rings. The van der Waals surface area contributed by atoms with E-state index in [1.54, 1.807) is 0 Å². The first-order valence-electron chi connectivity index (χ1n) is 5.40. The Hall–Kier alpha value is -0.590. The third-order valence-corrected chi connectivity index (χ3v) is 3.00. The minimum Gasteiger partial charge on any atom is -0.379 e. The van der Waals surface area contributed by atoms with Crippen LogP contribution >= 0.6 is 0 Å². The van der Waals surface area contributed by atoms with Gasteiger partial charge in [-0.2, -0.15) is 5.26 Å². The Kier molecular flexibility index (Phi) is 3.91. The van der Waals surface area contributed by atoms with Crippen LogP contribution in [-0.2, 0) is 4.74 Å². The van der Waals surface area contributed by atoms with Gasteiger partial charge in [0.15, 0.2) is 0 Å². The van der Waals surface area contributed by atoms with Crippen molar-refractivity contribution in [1.29, 1.82) is 5.26 Å². The van der Waals surface area contributed by atoms with Crippen molar-refractivity contribution in [2.75, 3.05) is 6.61 Å². The molecule has 14 heavy (non-hydrogen) atoms. The second-order valence-electron chi connectivity index (χ2n) is 4.45. The van der Waals surface area contributed by atoms with Gasteiger partial charge in [0.1, 0.15) is 5.54 Å². The van der Waals surface area contributed by atoms with Crippen molar-refractivity contribution in [1.82, 2.24) is 0 Å². The van der Waals surface area contributed by atoms with E-state index in [1.807, 2.05) is 13.8 Å². The van der Waals surface area contributed by atoms with Gasteiger partial charge in [-0.25, -0.2) is 0 Å². The number of nitrogens with two attached hydrogens (primary N) is 1. The number of nitriles is 1. The van der Waals surface area contributed by atoms with E-state index in [1.165, 1.54) is 0 Å². The lowest BCUT2D eigenvalue weighted by Gasteiger charge is -2.23. The summed E-state index contributed by atoms with van der Waals surface area (Å²) in [5.41, 5.74) is 5.42. The topological polar surface area (TPSA) is 59.0 Å². The first-order valence-corrected chi connectivity index (χ1v) is 5.40. The monoisotopic (exact) mass is 196 g/mol. The van der Waals surface area contributed by atoms with Crippen LogP contribution in [0.5, 0.6) is 0 Å². The lowest BCUT2D eigenvalue weighted by atomic mass is 9.87. The van der Waals surface area contributed by atoms with Gasteiger partial charge in [-0.05, 0) is 39.0 Å². The van der Waals surface area contributed by atoms with Gasteiger partial charge in [0.05, 0.1) is 12.2 Å². The highest BCUT2D eigenvalue weighted by molar-refractivity contribution is 5.11. The standard InChI is InChI=1S/C11H20N2O/c1-9(2)14-7-5-10-4-3-6-11(10,13)8-12/h9-10H,3-7,13H2,1-2H3. The lowest BCUT2D eigenvalue weighted by Crippen LogP contribution is -2.42. The molecule has 2 N–H and O–H groups in total. The molecule has 0 saturated heterocycles. The second-order valence-corrected chi connectivity index (χ2v) is 4.45. The fourth-order valence-electron chi connectivity index (χ4n) is 2.10. The molecule has 3 heteroatoms. The number of ether oxygens (including phenoxy) is 1. The Balaban J connectivity index is 2.34. The molecule has 0 aromatic heterocycles. The zero-order valence-corrected chi connectivity index (χ0v) is 9.12. The molecule has 0 bridgehead atoms. The van der Waals surface area contributed by atoms with E-state index in [4.69, 9.17) is 15.7 Å². The molecule has 0 aromatic rings. The van der Waals surface area contributed by atoms with E-state index in [-0.39, 0.29) is 6.10 Å². The number of nitrogens with zero attached hydrogens (tertiary/aromatic N) is 1. The van der Waals surface area contributed by atoms with E-state index in [0.29, 0.717) is 5.92 Å². The minimum atomic E-state index is -0.583. The van der Waals surface area contributed by atoms with Crippen LogP contribution in [0.1, 0.15) is 39.5 Å². The molecule has 1 aliphatic carbocycles. The van der Waals surface area contributed by atoms with Gasteiger partial charge in [-0.3, -0.25) is 0 Å². The largest absolute Gasteiger partial charge is 0.379 e. The summed E-state index contributed by atoms with van der Waals surface area (Å²) in [7, 11) is 0. The molecule has 1 fully saturated rings. The van der Waals surface area contributed by atoms with Gasteiger partial charge in [0.25, 0.3) is 0 Å². The third kappa shape index (κ3) is 2.70. The number of hydrogen-bond acceptors (Lipinski definition) is 3. The molecular formula is C11H20N2O. The van der Waals surface area contributed by atoms with Gasteiger partial charge in [-0.15, -0.1) is 0 Å². The van der Waals surface area contributed by atoms with Crippen LogP contribution in [0, 0.1) is 17.2 Å². The van der Waals surface area contributed by atoms with Crippen LogP contribution in [0.15, 0.2) is 0 Å². The van der Waals surface area contributed by atoms with Crippen LogP contribution in [0.25, 0.3) is 0 Å². The Bertz CT molecular complexity index is 222. The summed E-state index contributed by atoms with van der Waals surface area (Å²) < 4.78 is 5.48. The summed E-state index contributed by atoms with van der Waals surface area (Å²) in [6.45, 7) is 4.77. The summed E-state index contributed by atoms with van der Waals surface area (Å²) in [5.74, 6) is 0.325. The van der Waals surface area contributed by atoms with Crippen LogP contribution in [0.3, 0.4) is 0 Å². The Labute approximate surface area is 86.2 Å². The second kappa shape index (κ2) is 4.77. The van der Waals surface area contributed by atoms with E-state index in [2.05, 4.69) is 6.07 Å². The van der Waals surface area contributed by atoms with E-state index in [9.17, 15) is 0 Å². The molecule has 2 unspecified atom stereocenters. The van der Waals surface area contributed by atoms with Gasteiger partial charge < -0.3 is 10.5 Å². The molecule has 2 atom stereocenters. The molecule has 0 radical (unpaired) electrons. The average molecular weight is 196 g/mol. The average Bonchev–Trinajstić information content (AvgIpc) is 2.48. The first kappa shape index (κ1) is 11.5. The van der Waals surface area contributed by atoms with Crippen molar-refractivity contribution < 1.29 is 4.74 Å². The van der Waals surface area contributed by atoms with Gasteiger partial charge in [-0.1, -0.05) is 6.42 Å². The summed E-state index contributed by atoms with van der Waals surface area (Å²) in [5, 5.41) is 8.99. The molecule has 0 amide bonds. The Morgan fingerprint density at radius 2 is 2.36 bits per heavy atom. The molecule has 1 rings (SSSR count). The molecule has 1 saturated carbocycles. The first-order chi connectivity index (χ1) is 6.58. The summed E-state index contributed by atoms with van der Waals surface area (Å²) in [4.78, 5) is 0. The quantitative estimate of drug-likeness (QED) is 0.746. The molecule has 0 spiro atoms. The normalized spacial score (nSPS) is 32.1. The van der Waals surface area contributed by atoms with Crippen molar-refractivity contribution in [3.63, 3.8) is 0 Å². The van der Waals surface area contributed by atoms with Crippen LogP contribution in [-0.4, -0.2) is 18.2 Å². The third-order valence-electron chi connectivity index (χ3n) is 3.00. The number of hydrogen-bond donors (Lipinski definition) is 1. The Morgan fingerprint density at radius 3 is 2.93 bits per heavy atom. The fourth-order valence-corrected chi connectivity index (χ4v) is 2.10. The van der Waals surface area contributed by atoms with Crippen LogP contribution < -0.4 is 5.73 Å². The maximum absolute atomic E-state index is 8.99.